The van der Waals surface area contributed by atoms with Crippen LogP contribution in [0.1, 0.15) is 67.4 Å². The van der Waals surface area contributed by atoms with Crippen LogP contribution in [-0.2, 0) is 10.2 Å². The van der Waals surface area contributed by atoms with E-state index in [4.69, 9.17) is 17.2 Å². The average molecular weight is 478 g/mol. The lowest BCUT2D eigenvalue weighted by Crippen LogP contribution is -2.50. The van der Waals surface area contributed by atoms with Gasteiger partial charge < -0.3 is 17.2 Å². The first-order valence-corrected chi connectivity index (χ1v) is 12.6. The van der Waals surface area contributed by atoms with Gasteiger partial charge in [-0.25, -0.2) is 4.98 Å². The number of nitrogens with zero attached hydrogens (tertiary/aromatic N) is 2. The van der Waals surface area contributed by atoms with Gasteiger partial charge in [0.05, 0.1) is 11.6 Å². The number of amides is 2. The number of nitrogens with two attached hydrogens (primary N) is 3. The Hall–Kier alpha value is -3.20. The van der Waals surface area contributed by atoms with Gasteiger partial charge in [0.2, 0.25) is 0 Å². The van der Waals surface area contributed by atoms with Crippen LogP contribution in [-0.4, -0.2) is 35.3 Å². The molecule has 4 saturated carbocycles. The third-order valence-corrected chi connectivity index (χ3v) is 8.16. The van der Waals surface area contributed by atoms with Crippen molar-refractivity contribution in [3.05, 3.63) is 41.6 Å². The number of guanidine groups is 1. The van der Waals surface area contributed by atoms with Crippen LogP contribution in [0.3, 0.4) is 0 Å². The maximum atomic E-state index is 13.1. The van der Waals surface area contributed by atoms with Gasteiger partial charge >= 0.3 is 0 Å². The van der Waals surface area contributed by atoms with Gasteiger partial charge in [-0.15, -0.1) is 0 Å². The Kier molecular flexibility index (Phi) is 6.35. The van der Waals surface area contributed by atoms with E-state index in [1.54, 1.807) is 0 Å². The van der Waals surface area contributed by atoms with Crippen molar-refractivity contribution in [2.75, 3.05) is 6.54 Å². The number of pyridine rings is 1. The molecule has 0 aliphatic heterocycles. The molecule has 0 spiro atoms. The molecule has 1 atom stereocenters. The van der Waals surface area contributed by atoms with E-state index in [-0.39, 0.29) is 11.4 Å². The molecule has 0 unspecified atom stereocenters. The largest absolute Gasteiger partial charge is 0.370 e. The predicted octanol–water partition coefficient (Wildman–Crippen LogP) is 1.84. The summed E-state index contributed by atoms with van der Waals surface area (Å²) in [6.45, 7) is 0.393. The third kappa shape index (κ3) is 4.82. The van der Waals surface area contributed by atoms with Gasteiger partial charge in [-0.3, -0.25) is 25.4 Å². The second-order valence-corrected chi connectivity index (χ2v) is 10.8. The Bertz CT molecular complexity index is 1120. The van der Waals surface area contributed by atoms with Gasteiger partial charge in [-0.1, -0.05) is 18.2 Å². The average Bonchev–Trinajstić information content (AvgIpc) is 2.83. The number of nitrogens with one attached hydrogen (secondary N) is 2. The van der Waals surface area contributed by atoms with E-state index < -0.39 is 17.9 Å². The summed E-state index contributed by atoms with van der Waals surface area (Å²) >= 11 is 0. The number of hydrazine groups is 1. The van der Waals surface area contributed by atoms with Crippen LogP contribution >= 0.6 is 0 Å². The molecule has 4 aliphatic rings. The minimum atomic E-state index is -0.781. The molecular weight excluding hydrogens is 442 g/mol. The first kappa shape index (κ1) is 23.5. The van der Waals surface area contributed by atoms with E-state index in [1.165, 1.54) is 44.1 Å². The standard InChI is InChI=1S/C26H35N7O2/c27-20(5-3-7-30-25(28)29)23(34)32-33-24(35)22-11-19(18-4-1-2-6-21(18)31-22)26-12-15-8-16(13-26)10-17(9-15)14-26/h1-2,4,6,11,15-17,20H,3,5,7-10,12-14,27H2,(H,32,34)(H,33,35)(H4,28,29,30)/t15?,16?,17?,20-,26?/m0/s1. The van der Waals surface area contributed by atoms with Crippen molar-refractivity contribution < 1.29 is 9.59 Å². The highest BCUT2D eigenvalue weighted by atomic mass is 16.2. The van der Waals surface area contributed by atoms with Crippen LogP contribution in [0, 0.1) is 17.8 Å². The van der Waals surface area contributed by atoms with Crippen LogP contribution in [0.15, 0.2) is 35.3 Å². The highest BCUT2D eigenvalue weighted by Crippen LogP contribution is 2.61. The molecule has 8 N–H and O–H groups in total. The zero-order valence-electron chi connectivity index (χ0n) is 20.0. The molecule has 1 heterocycles. The summed E-state index contributed by atoms with van der Waals surface area (Å²) in [6.07, 6.45) is 8.60. The SMILES string of the molecule is NC(N)=NCCC[C@H](N)C(=O)NNC(=O)c1cc(C23CC4CC(CC(C4)C2)C3)c2ccccc2n1. The van der Waals surface area contributed by atoms with Crippen LogP contribution in [0.25, 0.3) is 10.9 Å². The Morgan fingerprint density at radius 3 is 2.37 bits per heavy atom. The molecule has 1 aromatic carbocycles. The van der Waals surface area contributed by atoms with Gasteiger partial charge in [0.1, 0.15) is 5.69 Å². The molecule has 1 aromatic heterocycles. The fourth-order valence-corrected chi connectivity index (χ4v) is 7.10. The van der Waals surface area contributed by atoms with Crippen molar-refractivity contribution in [1.29, 1.82) is 0 Å². The molecule has 0 saturated heterocycles. The van der Waals surface area contributed by atoms with Gasteiger partial charge in [0, 0.05) is 11.9 Å². The van der Waals surface area contributed by atoms with Gasteiger partial charge in [0.25, 0.3) is 11.8 Å². The molecule has 2 aromatic rings. The van der Waals surface area contributed by atoms with Crippen LogP contribution in [0.5, 0.6) is 0 Å². The van der Waals surface area contributed by atoms with Gasteiger partial charge in [-0.2, -0.15) is 0 Å². The normalized spacial score (nSPS) is 27.4. The number of fused-ring (bicyclic) bond motifs is 1. The molecule has 4 fully saturated rings. The van der Waals surface area contributed by atoms with E-state index in [0.29, 0.717) is 25.1 Å². The Labute approximate surface area is 205 Å². The zero-order chi connectivity index (χ0) is 24.6. The predicted molar refractivity (Wildman–Crippen MR) is 135 cm³/mol. The fraction of sp³-hybridized carbons (Fsp3) is 0.538. The lowest BCUT2D eigenvalue weighted by Gasteiger charge is -2.57. The number of rotatable bonds is 7. The van der Waals surface area contributed by atoms with Crippen molar-refractivity contribution in [2.24, 2.45) is 39.9 Å². The van der Waals surface area contributed by atoms with Gasteiger partial charge in [0.15, 0.2) is 5.96 Å². The second-order valence-electron chi connectivity index (χ2n) is 10.8. The van der Waals surface area contributed by atoms with E-state index >= 15 is 0 Å². The molecular formula is C26H35N7O2. The van der Waals surface area contributed by atoms with Gasteiger partial charge in [-0.05, 0) is 92.2 Å². The molecule has 2 amide bonds. The highest BCUT2D eigenvalue weighted by Gasteiger charge is 2.52. The van der Waals surface area contributed by atoms with Crippen molar-refractivity contribution in [3.63, 3.8) is 0 Å². The number of aliphatic imine (C=N–C) groups is 1. The summed E-state index contributed by atoms with van der Waals surface area (Å²) in [5.41, 5.74) is 24.0. The zero-order valence-corrected chi connectivity index (χ0v) is 20.0. The minimum absolute atomic E-state index is 0.00563. The third-order valence-electron chi connectivity index (χ3n) is 8.16. The number of carbonyl (C=O) groups is 2. The quantitative estimate of drug-likeness (QED) is 0.177. The first-order chi connectivity index (χ1) is 16.8. The minimum Gasteiger partial charge on any atom is -0.370 e. The molecule has 35 heavy (non-hydrogen) atoms. The Morgan fingerprint density at radius 1 is 1.06 bits per heavy atom. The molecule has 186 valence electrons. The summed E-state index contributed by atoms with van der Waals surface area (Å²) in [4.78, 5) is 33.9. The van der Waals surface area contributed by atoms with E-state index in [2.05, 4.69) is 26.9 Å². The van der Waals surface area contributed by atoms with Crippen LogP contribution < -0.4 is 28.1 Å². The molecule has 0 radical (unpaired) electrons. The maximum absolute atomic E-state index is 13.1. The number of hydrogen-bond acceptors (Lipinski definition) is 5. The molecule has 9 nitrogen and oxygen atoms in total. The molecule has 4 bridgehead atoms. The first-order valence-electron chi connectivity index (χ1n) is 12.6. The van der Waals surface area contributed by atoms with Crippen molar-refractivity contribution >= 4 is 28.7 Å². The fourth-order valence-electron chi connectivity index (χ4n) is 7.10. The highest BCUT2D eigenvalue weighted by molar-refractivity contribution is 5.97. The monoisotopic (exact) mass is 477 g/mol. The summed E-state index contributed by atoms with van der Waals surface area (Å²) < 4.78 is 0. The maximum Gasteiger partial charge on any atom is 0.288 e. The molecule has 4 aliphatic carbocycles. The lowest BCUT2D eigenvalue weighted by atomic mass is 9.48. The second kappa shape index (κ2) is 9.45. The number of aromatic nitrogens is 1. The summed E-state index contributed by atoms with van der Waals surface area (Å²) in [7, 11) is 0. The van der Waals surface area contributed by atoms with Crippen LogP contribution in [0.2, 0.25) is 0 Å². The topological polar surface area (TPSA) is 162 Å². The van der Waals surface area contributed by atoms with Crippen molar-refractivity contribution in [3.8, 4) is 0 Å². The number of para-hydroxylation sites is 1. The van der Waals surface area contributed by atoms with Crippen molar-refractivity contribution in [2.45, 2.75) is 62.8 Å². The van der Waals surface area contributed by atoms with Crippen LogP contribution in [0.4, 0.5) is 0 Å². The van der Waals surface area contributed by atoms with E-state index in [1.807, 2.05) is 24.3 Å². The van der Waals surface area contributed by atoms with E-state index in [9.17, 15) is 9.59 Å². The molecule has 6 rings (SSSR count). The summed E-state index contributed by atoms with van der Waals surface area (Å²) in [5, 5.41) is 1.14. The Balaban J connectivity index is 1.32. The Morgan fingerprint density at radius 2 is 1.71 bits per heavy atom. The number of carbonyl (C=O) groups excluding carboxylic acids is 2. The van der Waals surface area contributed by atoms with Crippen molar-refractivity contribution in [1.82, 2.24) is 15.8 Å². The molecule has 9 heteroatoms. The lowest BCUT2D eigenvalue weighted by molar-refractivity contribution is -0.123. The van der Waals surface area contributed by atoms with E-state index in [0.717, 1.165) is 28.7 Å². The summed E-state index contributed by atoms with van der Waals surface area (Å²) in [6, 6.07) is 9.26. The number of hydrogen-bond donors (Lipinski definition) is 5. The number of benzene rings is 1. The smallest absolute Gasteiger partial charge is 0.288 e. The summed E-state index contributed by atoms with van der Waals surface area (Å²) in [5.74, 6) is 1.47.